The molecule has 0 spiro atoms. The molecule has 0 saturated carbocycles. The van der Waals surface area contributed by atoms with Crippen molar-refractivity contribution in [3.05, 3.63) is 18.2 Å². The fourth-order valence-electron chi connectivity index (χ4n) is 1.32. The molecule has 0 radical (unpaired) electrons. The minimum absolute atomic E-state index is 0.0320. The number of imidazole rings is 1. The molecule has 0 unspecified atom stereocenters. The maximum Gasteiger partial charge on any atom is 0.182 e. The minimum atomic E-state index is -3.38. The fraction of sp³-hybridized carbons (Fsp3) is 0.250. The van der Waals surface area contributed by atoms with E-state index < -0.39 is 9.84 Å². The van der Waals surface area contributed by atoms with Crippen LogP contribution in [0.15, 0.2) is 17.4 Å². The van der Waals surface area contributed by atoms with Crippen molar-refractivity contribution < 1.29 is 8.42 Å². The summed E-state index contributed by atoms with van der Waals surface area (Å²) in [7, 11) is -3.38. The zero-order valence-corrected chi connectivity index (χ0v) is 10.6. The second kappa shape index (κ2) is 4.34. The molecule has 92 valence electrons. The van der Waals surface area contributed by atoms with E-state index in [1.807, 2.05) is 0 Å². The van der Waals surface area contributed by atoms with Gasteiger partial charge < -0.3 is 16.0 Å². The molecule has 0 aliphatic carbocycles. The van der Waals surface area contributed by atoms with E-state index >= 15 is 0 Å². The summed E-state index contributed by atoms with van der Waals surface area (Å²) in [6, 6.07) is 0. The molecule has 2 aromatic rings. The van der Waals surface area contributed by atoms with Crippen LogP contribution in [0.5, 0.6) is 0 Å². The third-order valence-electron chi connectivity index (χ3n) is 2.04. The summed E-state index contributed by atoms with van der Waals surface area (Å²) in [5.41, 5.74) is 6.38. The van der Waals surface area contributed by atoms with E-state index in [0.717, 1.165) is 23.5 Å². The highest BCUT2D eigenvalue weighted by Gasteiger charge is 2.20. The van der Waals surface area contributed by atoms with E-state index in [2.05, 4.69) is 19.7 Å². The van der Waals surface area contributed by atoms with Gasteiger partial charge in [-0.25, -0.2) is 13.4 Å². The lowest BCUT2D eigenvalue weighted by Gasteiger charge is -2.04. The number of anilines is 2. The highest BCUT2D eigenvalue weighted by Crippen LogP contribution is 2.31. The van der Waals surface area contributed by atoms with E-state index in [0.29, 0.717) is 11.5 Å². The van der Waals surface area contributed by atoms with Gasteiger partial charge in [0.15, 0.2) is 15.7 Å². The number of aromatic nitrogens is 3. The van der Waals surface area contributed by atoms with E-state index in [4.69, 9.17) is 5.73 Å². The van der Waals surface area contributed by atoms with Crippen molar-refractivity contribution in [2.45, 2.75) is 11.4 Å². The molecule has 4 N–H and O–H groups in total. The molecule has 0 atom stereocenters. The highest BCUT2D eigenvalue weighted by atomic mass is 32.2. The molecular weight excluding hydrogens is 262 g/mol. The predicted molar refractivity (Wildman–Crippen MR) is 65.6 cm³/mol. The van der Waals surface area contributed by atoms with Crippen LogP contribution < -0.4 is 11.1 Å². The summed E-state index contributed by atoms with van der Waals surface area (Å²) >= 11 is 1.03. The van der Waals surface area contributed by atoms with E-state index in [1.165, 1.54) is 0 Å². The molecule has 0 aliphatic heterocycles. The van der Waals surface area contributed by atoms with Gasteiger partial charge in [-0.3, -0.25) is 0 Å². The summed E-state index contributed by atoms with van der Waals surface area (Å²) in [4.78, 5) is 6.82. The molecule has 0 fully saturated rings. The molecule has 0 aliphatic rings. The third-order valence-corrected chi connectivity index (χ3v) is 4.14. The van der Waals surface area contributed by atoms with Crippen LogP contribution in [-0.4, -0.2) is 29.0 Å². The van der Waals surface area contributed by atoms with Crippen LogP contribution in [0.1, 0.15) is 5.69 Å². The first kappa shape index (κ1) is 11.9. The Hall–Kier alpha value is -1.61. The van der Waals surface area contributed by atoms with Gasteiger partial charge in [0.1, 0.15) is 9.90 Å². The van der Waals surface area contributed by atoms with Crippen LogP contribution in [-0.2, 0) is 16.4 Å². The first-order chi connectivity index (χ1) is 7.98. The van der Waals surface area contributed by atoms with Crippen molar-refractivity contribution in [2.24, 2.45) is 0 Å². The Labute approximate surface area is 102 Å². The monoisotopic (exact) mass is 273 g/mol. The predicted octanol–water partition coefficient (Wildman–Crippen LogP) is 0.464. The number of sulfone groups is 1. The average Bonchev–Trinajstić information content (AvgIpc) is 2.82. The normalized spacial score (nSPS) is 11.6. The number of nitrogen functional groups attached to an aromatic ring is 1. The second-order valence-electron chi connectivity index (χ2n) is 3.43. The number of hydrogen-bond donors (Lipinski definition) is 3. The lowest BCUT2D eigenvalue weighted by Crippen LogP contribution is -2.05. The van der Waals surface area contributed by atoms with Crippen LogP contribution >= 0.6 is 11.5 Å². The first-order valence-electron chi connectivity index (χ1n) is 4.65. The van der Waals surface area contributed by atoms with Gasteiger partial charge in [0.05, 0.1) is 18.6 Å². The van der Waals surface area contributed by atoms with Crippen molar-refractivity contribution in [2.75, 3.05) is 17.3 Å². The van der Waals surface area contributed by atoms with Crippen LogP contribution in [0.4, 0.5) is 10.8 Å². The molecule has 2 aromatic heterocycles. The van der Waals surface area contributed by atoms with Crippen molar-refractivity contribution in [1.29, 1.82) is 0 Å². The summed E-state index contributed by atoms with van der Waals surface area (Å²) < 4.78 is 26.9. The number of hydrogen-bond acceptors (Lipinski definition) is 7. The van der Waals surface area contributed by atoms with Gasteiger partial charge in [-0.15, -0.1) is 0 Å². The molecule has 0 amide bonds. The molecule has 7 nitrogen and oxygen atoms in total. The SMILES string of the molecule is CS(=O)(=O)c1c(N)nsc1NCc1cnc[nH]1. The quantitative estimate of drug-likeness (QED) is 0.746. The van der Waals surface area contributed by atoms with Crippen LogP contribution in [0.2, 0.25) is 0 Å². The molecule has 2 rings (SSSR count). The van der Waals surface area contributed by atoms with Gasteiger partial charge in [0, 0.05) is 12.5 Å². The number of nitrogens with two attached hydrogens (primary N) is 1. The Bertz CT molecular complexity index is 602. The van der Waals surface area contributed by atoms with Gasteiger partial charge in [-0.05, 0) is 11.5 Å². The van der Waals surface area contributed by atoms with E-state index in [9.17, 15) is 8.42 Å². The van der Waals surface area contributed by atoms with Gasteiger partial charge in [0.25, 0.3) is 0 Å². The van der Waals surface area contributed by atoms with Crippen LogP contribution in [0, 0.1) is 0 Å². The molecule has 0 bridgehead atoms. The number of nitrogens with zero attached hydrogens (tertiary/aromatic N) is 2. The topological polar surface area (TPSA) is 114 Å². The van der Waals surface area contributed by atoms with Crippen LogP contribution in [0.3, 0.4) is 0 Å². The van der Waals surface area contributed by atoms with E-state index in [1.54, 1.807) is 12.5 Å². The maximum atomic E-state index is 11.5. The lowest BCUT2D eigenvalue weighted by atomic mass is 10.4. The Morgan fingerprint density at radius 1 is 1.59 bits per heavy atom. The molecular formula is C8H11N5O2S2. The van der Waals surface area contributed by atoms with Gasteiger partial charge >= 0.3 is 0 Å². The number of nitrogens with one attached hydrogen (secondary N) is 2. The van der Waals surface area contributed by atoms with Crippen molar-refractivity contribution in [3.8, 4) is 0 Å². The molecule has 17 heavy (non-hydrogen) atoms. The first-order valence-corrected chi connectivity index (χ1v) is 7.31. The Morgan fingerprint density at radius 2 is 2.35 bits per heavy atom. The largest absolute Gasteiger partial charge is 0.382 e. The molecule has 2 heterocycles. The average molecular weight is 273 g/mol. The molecule has 0 aromatic carbocycles. The summed E-state index contributed by atoms with van der Waals surface area (Å²) in [6.07, 6.45) is 4.31. The lowest BCUT2D eigenvalue weighted by molar-refractivity contribution is 0.602. The van der Waals surface area contributed by atoms with Gasteiger partial charge in [-0.2, -0.15) is 4.37 Å². The van der Waals surface area contributed by atoms with Gasteiger partial charge in [-0.1, -0.05) is 0 Å². The number of rotatable bonds is 4. The third kappa shape index (κ3) is 2.56. The number of aromatic amines is 1. The van der Waals surface area contributed by atoms with Crippen LogP contribution in [0.25, 0.3) is 0 Å². The Balaban J connectivity index is 2.22. The zero-order valence-electron chi connectivity index (χ0n) is 8.97. The Kier molecular flexibility index (Phi) is 3.03. The standard InChI is InChI=1S/C8H11N5O2S2/c1-17(14,15)6-7(9)13-16-8(6)11-3-5-2-10-4-12-5/h2,4,11H,3H2,1H3,(H2,9,13)(H,10,12). The maximum absolute atomic E-state index is 11.5. The zero-order chi connectivity index (χ0) is 12.5. The van der Waals surface area contributed by atoms with Crippen molar-refractivity contribution in [3.63, 3.8) is 0 Å². The van der Waals surface area contributed by atoms with Crippen molar-refractivity contribution in [1.82, 2.24) is 14.3 Å². The van der Waals surface area contributed by atoms with Gasteiger partial charge in [0.2, 0.25) is 0 Å². The molecule has 9 heteroatoms. The highest BCUT2D eigenvalue weighted by molar-refractivity contribution is 7.91. The minimum Gasteiger partial charge on any atom is -0.382 e. The summed E-state index contributed by atoms with van der Waals surface area (Å²) in [5.74, 6) is 0.0320. The van der Waals surface area contributed by atoms with E-state index in [-0.39, 0.29) is 10.7 Å². The Morgan fingerprint density at radius 3 is 2.94 bits per heavy atom. The summed E-state index contributed by atoms with van der Waals surface area (Å²) in [6.45, 7) is 0.435. The smallest absolute Gasteiger partial charge is 0.182 e. The molecule has 0 saturated heterocycles. The second-order valence-corrected chi connectivity index (χ2v) is 6.15. The fourth-order valence-corrected chi connectivity index (χ4v) is 3.39. The van der Waals surface area contributed by atoms with Crippen molar-refractivity contribution >= 4 is 32.2 Å². The summed E-state index contributed by atoms with van der Waals surface area (Å²) in [5, 5.41) is 3.41. The number of H-pyrrole nitrogens is 1.